The van der Waals surface area contributed by atoms with Crippen molar-refractivity contribution in [2.75, 3.05) is 25.6 Å². The van der Waals surface area contributed by atoms with Gasteiger partial charge in [0.15, 0.2) is 11.5 Å². The van der Waals surface area contributed by atoms with Gasteiger partial charge in [-0.05, 0) is 29.8 Å². The van der Waals surface area contributed by atoms with Crippen LogP contribution >= 0.6 is 0 Å². The Morgan fingerprint density at radius 3 is 2.60 bits per heavy atom. The van der Waals surface area contributed by atoms with Crippen LogP contribution in [0.2, 0.25) is 0 Å². The molecule has 30 heavy (non-hydrogen) atoms. The Morgan fingerprint density at radius 2 is 1.80 bits per heavy atom. The summed E-state index contributed by atoms with van der Waals surface area (Å²) in [4.78, 5) is 13.1. The molecule has 1 amide bonds. The highest BCUT2D eigenvalue weighted by atomic mass is 16.6. The van der Waals surface area contributed by atoms with Crippen molar-refractivity contribution >= 4 is 11.6 Å². The minimum Gasteiger partial charge on any atom is -0.497 e. The summed E-state index contributed by atoms with van der Waals surface area (Å²) < 4.78 is 17.0. The number of benzene rings is 3. The zero-order chi connectivity index (χ0) is 20.8. The summed E-state index contributed by atoms with van der Waals surface area (Å²) in [6.45, 7) is 0.877. The van der Waals surface area contributed by atoms with Crippen LogP contribution in [0.1, 0.15) is 11.6 Å². The average molecular weight is 404 g/mol. The van der Waals surface area contributed by atoms with Gasteiger partial charge in [-0.15, -0.1) is 0 Å². The number of anilines is 1. The number of hydrogen-bond acceptors (Lipinski definition) is 5. The lowest BCUT2D eigenvalue weighted by molar-refractivity contribution is -0.118. The fourth-order valence-corrected chi connectivity index (χ4v) is 3.34. The summed E-state index contributed by atoms with van der Waals surface area (Å²) >= 11 is 0. The van der Waals surface area contributed by atoms with Crippen LogP contribution in [-0.2, 0) is 4.79 Å². The highest BCUT2D eigenvalue weighted by Crippen LogP contribution is 2.31. The SMILES string of the molecule is COc1cccc(NC(=O)[C@@H](NC[C@H]2COc3ccccc3O2)c2ccccc2)c1. The van der Waals surface area contributed by atoms with Crippen molar-refractivity contribution in [3.63, 3.8) is 0 Å². The van der Waals surface area contributed by atoms with E-state index in [9.17, 15) is 4.79 Å². The molecule has 154 valence electrons. The quantitative estimate of drug-likeness (QED) is 0.627. The molecule has 1 heterocycles. The molecule has 1 aliphatic rings. The second-order valence-electron chi connectivity index (χ2n) is 6.97. The van der Waals surface area contributed by atoms with Crippen LogP contribution in [0.25, 0.3) is 0 Å². The second-order valence-corrected chi connectivity index (χ2v) is 6.97. The molecule has 0 fully saturated rings. The van der Waals surface area contributed by atoms with E-state index in [1.54, 1.807) is 13.2 Å². The van der Waals surface area contributed by atoms with E-state index in [4.69, 9.17) is 14.2 Å². The van der Waals surface area contributed by atoms with E-state index >= 15 is 0 Å². The summed E-state index contributed by atoms with van der Waals surface area (Å²) in [6, 6.07) is 23.9. The molecule has 3 aromatic rings. The average Bonchev–Trinajstić information content (AvgIpc) is 2.80. The Labute approximate surface area is 175 Å². The molecular formula is C24H24N2O4. The van der Waals surface area contributed by atoms with Gasteiger partial charge in [-0.2, -0.15) is 0 Å². The first-order valence-electron chi connectivity index (χ1n) is 9.84. The molecule has 0 aromatic heterocycles. The molecule has 2 atom stereocenters. The number of hydrogen-bond donors (Lipinski definition) is 2. The molecule has 4 rings (SSSR count). The van der Waals surface area contributed by atoms with Gasteiger partial charge < -0.3 is 19.5 Å². The standard InChI is InChI=1S/C24H24N2O4/c1-28-19-11-7-10-18(14-19)26-24(27)23(17-8-3-2-4-9-17)25-15-20-16-29-21-12-5-6-13-22(21)30-20/h2-14,20,23,25H,15-16H2,1H3,(H,26,27)/t20-,23-/m0/s1. The second kappa shape index (κ2) is 9.33. The van der Waals surface area contributed by atoms with Crippen molar-refractivity contribution in [2.24, 2.45) is 0 Å². The molecule has 6 heteroatoms. The maximum atomic E-state index is 13.1. The van der Waals surface area contributed by atoms with Gasteiger partial charge in [0, 0.05) is 18.3 Å². The van der Waals surface area contributed by atoms with Crippen LogP contribution in [0.15, 0.2) is 78.9 Å². The Kier molecular flexibility index (Phi) is 6.15. The van der Waals surface area contributed by atoms with Crippen LogP contribution in [0.3, 0.4) is 0 Å². The zero-order valence-corrected chi connectivity index (χ0v) is 16.7. The molecule has 0 aliphatic carbocycles. The first-order chi connectivity index (χ1) is 14.7. The van der Waals surface area contributed by atoms with Gasteiger partial charge in [-0.25, -0.2) is 0 Å². The van der Waals surface area contributed by atoms with Crippen molar-refractivity contribution in [1.82, 2.24) is 5.32 Å². The molecule has 0 saturated heterocycles. The van der Waals surface area contributed by atoms with E-state index in [0.29, 0.717) is 30.3 Å². The summed E-state index contributed by atoms with van der Waals surface area (Å²) in [7, 11) is 1.60. The number of methoxy groups -OCH3 is 1. The van der Waals surface area contributed by atoms with E-state index in [0.717, 1.165) is 11.3 Å². The normalized spacial score (nSPS) is 15.8. The van der Waals surface area contributed by atoms with Crippen molar-refractivity contribution in [3.8, 4) is 17.2 Å². The Hall–Kier alpha value is -3.51. The fraction of sp³-hybridized carbons (Fsp3) is 0.208. The Balaban J connectivity index is 1.46. The van der Waals surface area contributed by atoms with Gasteiger partial charge in [0.25, 0.3) is 0 Å². The lowest BCUT2D eigenvalue weighted by atomic mass is 10.1. The van der Waals surface area contributed by atoms with Crippen LogP contribution in [0, 0.1) is 0 Å². The number of amides is 1. The van der Waals surface area contributed by atoms with E-state index in [2.05, 4.69) is 10.6 Å². The lowest BCUT2D eigenvalue weighted by Crippen LogP contribution is -2.42. The Bertz CT molecular complexity index is 993. The predicted octanol–water partition coefficient (Wildman–Crippen LogP) is 3.80. The van der Waals surface area contributed by atoms with Crippen molar-refractivity contribution in [3.05, 3.63) is 84.4 Å². The largest absolute Gasteiger partial charge is 0.497 e. The number of fused-ring (bicyclic) bond motifs is 1. The highest BCUT2D eigenvalue weighted by molar-refractivity contribution is 5.95. The topological polar surface area (TPSA) is 68.8 Å². The van der Waals surface area contributed by atoms with E-state index < -0.39 is 6.04 Å². The fourth-order valence-electron chi connectivity index (χ4n) is 3.34. The molecule has 0 unspecified atom stereocenters. The molecule has 6 nitrogen and oxygen atoms in total. The molecule has 1 aliphatic heterocycles. The molecule has 0 spiro atoms. The van der Waals surface area contributed by atoms with Gasteiger partial charge in [-0.3, -0.25) is 10.1 Å². The summed E-state index contributed by atoms with van der Waals surface area (Å²) in [5.74, 6) is 1.98. The number of nitrogens with one attached hydrogen (secondary N) is 2. The Morgan fingerprint density at radius 1 is 1.03 bits per heavy atom. The maximum Gasteiger partial charge on any atom is 0.246 e. The molecule has 0 radical (unpaired) electrons. The summed E-state index contributed by atoms with van der Waals surface area (Å²) in [6.07, 6.45) is -0.198. The molecule has 0 bridgehead atoms. The highest BCUT2D eigenvalue weighted by Gasteiger charge is 2.25. The van der Waals surface area contributed by atoms with Crippen molar-refractivity contribution < 1.29 is 19.0 Å². The minimum atomic E-state index is -0.543. The number of carbonyl (C=O) groups excluding carboxylic acids is 1. The van der Waals surface area contributed by atoms with E-state index in [1.165, 1.54) is 0 Å². The number of ether oxygens (including phenoxy) is 3. The third-order valence-electron chi connectivity index (χ3n) is 4.85. The van der Waals surface area contributed by atoms with Crippen LogP contribution in [-0.4, -0.2) is 32.3 Å². The maximum absolute atomic E-state index is 13.1. The lowest BCUT2D eigenvalue weighted by Gasteiger charge is -2.28. The molecule has 0 saturated carbocycles. The molecule has 2 N–H and O–H groups in total. The van der Waals surface area contributed by atoms with Gasteiger partial charge in [-0.1, -0.05) is 48.5 Å². The monoisotopic (exact) mass is 404 g/mol. The van der Waals surface area contributed by atoms with E-state index in [1.807, 2.05) is 72.8 Å². The third kappa shape index (κ3) is 4.72. The number of carbonyl (C=O) groups is 1. The smallest absolute Gasteiger partial charge is 0.246 e. The first kappa shape index (κ1) is 19.8. The van der Waals surface area contributed by atoms with Crippen LogP contribution < -0.4 is 24.8 Å². The first-order valence-corrected chi connectivity index (χ1v) is 9.84. The summed E-state index contributed by atoms with van der Waals surface area (Å²) in [5.41, 5.74) is 1.54. The van der Waals surface area contributed by atoms with E-state index in [-0.39, 0.29) is 12.0 Å². The third-order valence-corrected chi connectivity index (χ3v) is 4.85. The van der Waals surface area contributed by atoms with Crippen LogP contribution in [0.4, 0.5) is 5.69 Å². The zero-order valence-electron chi connectivity index (χ0n) is 16.7. The summed E-state index contributed by atoms with van der Waals surface area (Å²) in [5, 5.41) is 6.30. The van der Waals surface area contributed by atoms with Gasteiger partial charge >= 0.3 is 0 Å². The predicted molar refractivity (Wildman–Crippen MR) is 115 cm³/mol. The van der Waals surface area contributed by atoms with Gasteiger partial charge in [0.1, 0.15) is 24.5 Å². The van der Waals surface area contributed by atoms with Crippen molar-refractivity contribution in [2.45, 2.75) is 12.1 Å². The number of para-hydroxylation sites is 2. The van der Waals surface area contributed by atoms with Gasteiger partial charge in [0.05, 0.1) is 7.11 Å². The minimum absolute atomic E-state index is 0.161. The van der Waals surface area contributed by atoms with Crippen molar-refractivity contribution in [1.29, 1.82) is 0 Å². The molecular weight excluding hydrogens is 380 g/mol. The van der Waals surface area contributed by atoms with Gasteiger partial charge in [0.2, 0.25) is 5.91 Å². The molecule has 3 aromatic carbocycles. The number of rotatable bonds is 7. The van der Waals surface area contributed by atoms with Crippen LogP contribution in [0.5, 0.6) is 17.2 Å².